The number of hydrogen-bond donors (Lipinski definition) is 2. The summed E-state index contributed by atoms with van der Waals surface area (Å²) in [7, 11) is 0. The molecular weight excluding hydrogens is 265 g/mol. The van der Waals surface area contributed by atoms with Crippen molar-refractivity contribution < 1.29 is 9.18 Å². The molecule has 100 valence electrons. The molecule has 4 nitrogen and oxygen atoms in total. The number of rotatable bonds is 5. The van der Waals surface area contributed by atoms with E-state index in [-0.39, 0.29) is 18.1 Å². The Hall–Kier alpha value is -1.79. The minimum Gasteiger partial charge on any atom is -0.322 e. The number of benzene rings is 1. The normalized spacial score (nSPS) is 10.4. The van der Waals surface area contributed by atoms with Crippen molar-refractivity contribution in [3.8, 4) is 0 Å². The zero-order valence-corrected chi connectivity index (χ0v) is 11.3. The molecule has 19 heavy (non-hydrogen) atoms. The summed E-state index contributed by atoms with van der Waals surface area (Å²) >= 11 is 1.58. The molecule has 0 unspecified atom stereocenters. The molecule has 0 saturated carbocycles. The topological polar surface area (TPSA) is 54.0 Å². The summed E-state index contributed by atoms with van der Waals surface area (Å²) in [5, 5.41) is 6.50. The van der Waals surface area contributed by atoms with Crippen molar-refractivity contribution in [2.45, 2.75) is 13.5 Å². The molecule has 0 fully saturated rings. The molecule has 0 aliphatic carbocycles. The second-order valence-corrected chi connectivity index (χ2v) is 5.30. The highest BCUT2D eigenvalue weighted by atomic mass is 32.1. The van der Waals surface area contributed by atoms with Gasteiger partial charge in [0.05, 0.1) is 17.2 Å². The van der Waals surface area contributed by atoms with Gasteiger partial charge in [0.15, 0.2) is 0 Å². The average Bonchev–Trinajstić information content (AvgIpc) is 2.78. The lowest BCUT2D eigenvalue weighted by Crippen LogP contribution is -2.27. The number of aryl methyl sites for hydroxylation is 1. The zero-order valence-electron chi connectivity index (χ0n) is 10.4. The zero-order chi connectivity index (χ0) is 13.7. The van der Waals surface area contributed by atoms with E-state index in [1.54, 1.807) is 29.7 Å². The van der Waals surface area contributed by atoms with E-state index in [0.29, 0.717) is 6.54 Å². The Kier molecular flexibility index (Phi) is 4.59. The third-order valence-corrected chi connectivity index (χ3v) is 3.31. The number of thiazole rings is 1. The van der Waals surface area contributed by atoms with Crippen LogP contribution in [-0.2, 0) is 11.3 Å². The quantitative estimate of drug-likeness (QED) is 0.883. The number of halogens is 1. The van der Waals surface area contributed by atoms with Crippen LogP contribution in [0.15, 0.2) is 30.5 Å². The lowest BCUT2D eigenvalue weighted by atomic mass is 10.3. The van der Waals surface area contributed by atoms with Gasteiger partial charge >= 0.3 is 0 Å². The minimum atomic E-state index is -0.436. The van der Waals surface area contributed by atoms with Crippen LogP contribution >= 0.6 is 11.3 Å². The Morgan fingerprint density at radius 3 is 2.89 bits per heavy atom. The summed E-state index contributed by atoms with van der Waals surface area (Å²) in [5.41, 5.74) is 0.197. The van der Waals surface area contributed by atoms with Gasteiger partial charge in [-0.15, -0.1) is 11.3 Å². The fourth-order valence-electron chi connectivity index (χ4n) is 1.54. The number of hydrogen-bond acceptors (Lipinski definition) is 4. The summed E-state index contributed by atoms with van der Waals surface area (Å²) in [5.74, 6) is -0.708. The first-order chi connectivity index (χ1) is 9.15. The number of amides is 1. The molecule has 0 bridgehead atoms. The van der Waals surface area contributed by atoms with Crippen LogP contribution in [0.4, 0.5) is 10.1 Å². The number of anilines is 1. The van der Waals surface area contributed by atoms with E-state index < -0.39 is 5.82 Å². The summed E-state index contributed by atoms with van der Waals surface area (Å²) < 4.78 is 13.3. The van der Waals surface area contributed by atoms with Gasteiger partial charge in [0, 0.05) is 17.6 Å². The fraction of sp³-hybridized carbons (Fsp3) is 0.231. The maximum atomic E-state index is 13.3. The second-order valence-electron chi connectivity index (χ2n) is 3.98. The van der Waals surface area contributed by atoms with Crippen molar-refractivity contribution in [3.63, 3.8) is 0 Å². The van der Waals surface area contributed by atoms with Gasteiger partial charge in [0.1, 0.15) is 5.82 Å². The lowest BCUT2D eigenvalue weighted by Gasteiger charge is -2.06. The minimum absolute atomic E-state index is 0.130. The molecule has 2 N–H and O–H groups in total. The van der Waals surface area contributed by atoms with E-state index in [1.165, 1.54) is 12.1 Å². The predicted molar refractivity (Wildman–Crippen MR) is 73.6 cm³/mol. The standard InChI is InChI=1S/C13H14FN3OS/c1-9-16-7-10(19-9)6-15-8-13(18)17-12-5-3-2-4-11(12)14/h2-5,7,15H,6,8H2,1H3,(H,17,18). The molecule has 1 heterocycles. The summed E-state index contributed by atoms with van der Waals surface area (Å²) in [4.78, 5) is 16.8. The third-order valence-electron chi connectivity index (χ3n) is 2.40. The molecule has 0 radical (unpaired) electrons. The van der Waals surface area contributed by atoms with E-state index >= 15 is 0 Å². The Morgan fingerprint density at radius 1 is 1.42 bits per heavy atom. The average molecular weight is 279 g/mol. The van der Waals surface area contributed by atoms with Crippen molar-refractivity contribution >= 4 is 22.9 Å². The summed E-state index contributed by atoms with van der Waals surface area (Å²) in [6.07, 6.45) is 1.78. The highest BCUT2D eigenvalue weighted by Gasteiger charge is 2.06. The van der Waals surface area contributed by atoms with Crippen LogP contribution in [0.5, 0.6) is 0 Å². The van der Waals surface area contributed by atoms with E-state index in [0.717, 1.165) is 9.88 Å². The van der Waals surface area contributed by atoms with Crippen molar-refractivity contribution in [2.75, 3.05) is 11.9 Å². The largest absolute Gasteiger partial charge is 0.322 e. The van der Waals surface area contributed by atoms with Crippen LogP contribution in [0.1, 0.15) is 9.88 Å². The molecule has 2 aromatic rings. The number of carbonyl (C=O) groups is 1. The molecule has 1 amide bonds. The Bertz CT molecular complexity index is 571. The van der Waals surface area contributed by atoms with Gasteiger partial charge in [0.2, 0.25) is 5.91 Å². The first-order valence-electron chi connectivity index (χ1n) is 5.81. The van der Waals surface area contributed by atoms with Gasteiger partial charge in [-0.05, 0) is 19.1 Å². The number of nitrogens with one attached hydrogen (secondary N) is 2. The van der Waals surface area contributed by atoms with Gasteiger partial charge < -0.3 is 10.6 Å². The molecule has 0 aliphatic rings. The van der Waals surface area contributed by atoms with Crippen molar-refractivity contribution in [1.82, 2.24) is 10.3 Å². The molecular formula is C13H14FN3OS. The maximum absolute atomic E-state index is 13.3. The van der Waals surface area contributed by atoms with Crippen molar-refractivity contribution in [2.24, 2.45) is 0 Å². The molecule has 1 aromatic heterocycles. The number of nitrogens with zero attached hydrogens (tertiary/aromatic N) is 1. The molecule has 1 aromatic carbocycles. The summed E-state index contributed by atoms with van der Waals surface area (Å²) in [6, 6.07) is 6.09. The van der Waals surface area contributed by atoms with Gasteiger partial charge in [-0.2, -0.15) is 0 Å². The highest BCUT2D eigenvalue weighted by molar-refractivity contribution is 7.11. The Morgan fingerprint density at radius 2 is 2.21 bits per heavy atom. The Labute approximate surface area is 114 Å². The first kappa shape index (κ1) is 13.6. The van der Waals surface area contributed by atoms with Crippen LogP contribution < -0.4 is 10.6 Å². The van der Waals surface area contributed by atoms with Gasteiger partial charge in [-0.1, -0.05) is 12.1 Å². The molecule has 0 spiro atoms. The van der Waals surface area contributed by atoms with Crippen LogP contribution in [0.25, 0.3) is 0 Å². The van der Waals surface area contributed by atoms with Crippen LogP contribution in [0, 0.1) is 12.7 Å². The van der Waals surface area contributed by atoms with E-state index in [4.69, 9.17) is 0 Å². The van der Waals surface area contributed by atoms with Crippen LogP contribution in [0.2, 0.25) is 0 Å². The highest BCUT2D eigenvalue weighted by Crippen LogP contribution is 2.12. The van der Waals surface area contributed by atoms with Crippen LogP contribution in [0.3, 0.4) is 0 Å². The van der Waals surface area contributed by atoms with E-state index in [2.05, 4.69) is 15.6 Å². The fourth-order valence-corrected chi connectivity index (χ4v) is 2.31. The number of carbonyl (C=O) groups excluding carboxylic acids is 1. The molecule has 2 rings (SSSR count). The smallest absolute Gasteiger partial charge is 0.238 e. The SMILES string of the molecule is Cc1ncc(CNCC(=O)Nc2ccccc2F)s1. The van der Waals surface area contributed by atoms with Crippen molar-refractivity contribution in [1.29, 1.82) is 0 Å². The Balaban J connectivity index is 1.77. The number of aromatic nitrogens is 1. The van der Waals surface area contributed by atoms with E-state index in [9.17, 15) is 9.18 Å². The third kappa shape index (κ3) is 4.11. The second kappa shape index (κ2) is 6.40. The number of para-hydroxylation sites is 1. The maximum Gasteiger partial charge on any atom is 0.238 e. The van der Waals surface area contributed by atoms with Gasteiger partial charge in [-0.3, -0.25) is 4.79 Å². The monoisotopic (exact) mass is 279 g/mol. The first-order valence-corrected chi connectivity index (χ1v) is 6.63. The molecule has 0 aliphatic heterocycles. The molecule has 0 atom stereocenters. The van der Waals surface area contributed by atoms with Gasteiger partial charge in [0.25, 0.3) is 0 Å². The van der Waals surface area contributed by atoms with Gasteiger partial charge in [-0.25, -0.2) is 9.37 Å². The van der Waals surface area contributed by atoms with Crippen LogP contribution in [-0.4, -0.2) is 17.4 Å². The lowest BCUT2D eigenvalue weighted by molar-refractivity contribution is -0.115. The summed E-state index contributed by atoms with van der Waals surface area (Å²) in [6.45, 7) is 2.64. The van der Waals surface area contributed by atoms with Crippen molar-refractivity contribution in [3.05, 3.63) is 46.2 Å². The molecule has 0 saturated heterocycles. The molecule has 6 heteroatoms. The van der Waals surface area contributed by atoms with E-state index in [1.807, 2.05) is 6.92 Å². The predicted octanol–water partition coefficient (Wildman–Crippen LogP) is 2.32.